The van der Waals surface area contributed by atoms with Crippen LogP contribution in [0.15, 0.2) is 54.7 Å². The Morgan fingerprint density at radius 3 is 2.74 bits per heavy atom. The van der Waals surface area contributed by atoms with E-state index in [4.69, 9.17) is 9.47 Å². The average Bonchev–Trinajstić information content (AvgIpc) is 3.27. The van der Waals surface area contributed by atoms with E-state index >= 15 is 0 Å². The van der Waals surface area contributed by atoms with Gasteiger partial charge >= 0.3 is 0 Å². The van der Waals surface area contributed by atoms with Crippen LogP contribution in [0, 0.1) is 11.7 Å². The van der Waals surface area contributed by atoms with Gasteiger partial charge in [-0.3, -0.25) is 4.79 Å². The number of ether oxygens (including phenoxy) is 2. The largest absolute Gasteiger partial charge is 0.454 e. The Morgan fingerprint density at radius 2 is 1.90 bits per heavy atom. The predicted octanol–water partition coefficient (Wildman–Crippen LogP) is 3.87. The highest BCUT2D eigenvalue weighted by Crippen LogP contribution is 2.34. The van der Waals surface area contributed by atoms with Crippen LogP contribution >= 0.6 is 0 Å². The first-order valence-electron chi connectivity index (χ1n) is 10.2. The fourth-order valence-corrected chi connectivity index (χ4v) is 3.88. The molecule has 2 aliphatic heterocycles. The molecule has 1 N–H and O–H groups in total. The Hall–Kier alpha value is -3.68. The third-order valence-corrected chi connectivity index (χ3v) is 5.55. The highest BCUT2D eigenvalue weighted by atomic mass is 19.1. The molecule has 0 saturated carbocycles. The molecular weight excluding hydrogens is 399 g/mol. The molecule has 1 fully saturated rings. The van der Waals surface area contributed by atoms with Crippen LogP contribution in [-0.2, 0) is 4.79 Å². The molecule has 2 aliphatic rings. The zero-order valence-electron chi connectivity index (χ0n) is 16.8. The van der Waals surface area contributed by atoms with Gasteiger partial charge in [-0.05, 0) is 43.2 Å². The van der Waals surface area contributed by atoms with Crippen molar-refractivity contribution < 1.29 is 18.7 Å². The maximum Gasteiger partial charge on any atom is 0.231 e. The molecule has 3 aromatic rings. The summed E-state index contributed by atoms with van der Waals surface area (Å²) < 4.78 is 24.2. The van der Waals surface area contributed by atoms with Gasteiger partial charge in [0, 0.05) is 42.5 Å². The molecule has 0 unspecified atom stereocenters. The van der Waals surface area contributed by atoms with E-state index < -0.39 is 0 Å². The molecule has 8 heteroatoms. The van der Waals surface area contributed by atoms with Crippen LogP contribution in [0.2, 0.25) is 0 Å². The molecule has 0 atom stereocenters. The van der Waals surface area contributed by atoms with Gasteiger partial charge in [0.2, 0.25) is 12.7 Å². The van der Waals surface area contributed by atoms with Crippen LogP contribution in [-0.4, -0.2) is 35.8 Å². The minimum Gasteiger partial charge on any atom is -0.454 e. The second-order valence-electron chi connectivity index (χ2n) is 7.57. The van der Waals surface area contributed by atoms with Crippen molar-refractivity contribution in [2.24, 2.45) is 5.92 Å². The topological polar surface area (TPSA) is 76.6 Å². The number of hydrogen-bond acceptors (Lipinski definition) is 6. The number of piperidine rings is 1. The van der Waals surface area contributed by atoms with Gasteiger partial charge in [0.15, 0.2) is 17.3 Å². The Morgan fingerprint density at radius 1 is 1.06 bits per heavy atom. The van der Waals surface area contributed by atoms with Crippen LogP contribution in [0.25, 0.3) is 11.4 Å². The summed E-state index contributed by atoms with van der Waals surface area (Å²) >= 11 is 0. The van der Waals surface area contributed by atoms with Gasteiger partial charge in [-0.1, -0.05) is 12.1 Å². The number of anilines is 2. The number of carbonyl (C=O) groups is 1. The fourth-order valence-electron chi connectivity index (χ4n) is 3.88. The average molecular weight is 420 g/mol. The second-order valence-corrected chi connectivity index (χ2v) is 7.57. The number of benzene rings is 2. The molecule has 5 rings (SSSR count). The van der Waals surface area contributed by atoms with Crippen LogP contribution < -0.4 is 19.7 Å². The van der Waals surface area contributed by atoms with E-state index in [1.54, 1.807) is 30.5 Å². The summed E-state index contributed by atoms with van der Waals surface area (Å²) in [6.45, 7) is 1.62. The monoisotopic (exact) mass is 420 g/mol. The molecule has 7 nitrogen and oxygen atoms in total. The standard InChI is InChI=1S/C23H21FN4O3/c24-17-3-1-2-16(12-17)22-25-9-6-21(27-22)28-10-7-15(8-11-28)23(29)26-18-4-5-19-20(13-18)31-14-30-19/h1-6,9,12-13,15H,7-8,10-11,14H2,(H,26,29). The van der Waals surface area contributed by atoms with E-state index in [9.17, 15) is 9.18 Å². The van der Waals surface area contributed by atoms with Crippen LogP contribution in [0.4, 0.5) is 15.9 Å². The van der Waals surface area contributed by atoms with Crippen molar-refractivity contribution in [3.8, 4) is 22.9 Å². The zero-order chi connectivity index (χ0) is 21.2. The molecular formula is C23H21FN4O3. The van der Waals surface area contributed by atoms with Crippen molar-refractivity contribution in [2.45, 2.75) is 12.8 Å². The van der Waals surface area contributed by atoms with Gasteiger partial charge in [0.25, 0.3) is 0 Å². The number of fused-ring (bicyclic) bond motifs is 1. The summed E-state index contributed by atoms with van der Waals surface area (Å²) in [7, 11) is 0. The first-order chi connectivity index (χ1) is 15.2. The smallest absolute Gasteiger partial charge is 0.231 e. The minimum atomic E-state index is -0.319. The maximum absolute atomic E-state index is 13.5. The normalized spacial score (nSPS) is 15.7. The Labute approximate surface area is 178 Å². The number of hydrogen-bond donors (Lipinski definition) is 1. The molecule has 0 bridgehead atoms. The van der Waals surface area contributed by atoms with Crippen molar-refractivity contribution in [3.05, 3.63) is 60.5 Å². The minimum absolute atomic E-state index is 0.00153. The number of halogens is 1. The SMILES string of the molecule is O=C(Nc1ccc2c(c1)OCO2)C1CCN(c2ccnc(-c3cccc(F)c3)n2)CC1. The van der Waals surface area contributed by atoms with Gasteiger partial charge in [-0.25, -0.2) is 14.4 Å². The quantitative estimate of drug-likeness (QED) is 0.691. The molecule has 3 heterocycles. The number of aromatic nitrogens is 2. The summed E-state index contributed by atoms with van der Waals surface area (Å²) in [5.74, 6) is 2.21. The second kappa shape index (κ2) is 8.22. The summed E-state index contributed by atoms with van der Waals surface area (Å²) in [5.41, 5.74) is 1.34. The Kier molecular flexibility index (Phi) is 5.11. The summed E-state index contributed by atoms with van der Waals surface area (Å²) in [5, 5.41) is 2.98. The number of nitrogens with zero attached hydrogens (tertiary/aromatic N) is 3. The predicted molar refractivity (Wildman–Crippen MR) is 114 cm³/mol. The van der Waals surface area contributed by atoms with Gasteiger partial charge in [-0.2, -0.15) is 0 Å². The lowest BCUT2D eigenvalue weighted by Gasteiger charge is -2.32. The van der Waals surface area contributed by atoms with Gasteiger partial charge in [0.05, 0.1) is 0 Å². The number of amides is 1. The van der Waals surface area contributed by atoms with Gasteiger partial charge in [-0.15, -0.1) is 0 Å². The van der Waals surface area contributed by atoms with E-state index in [-0.39, 0.29) is 24.4 Å². The molecule has 1 aromatic heterocycles. The van der Waals surface area contributed by atoms with Crippen molar-refractivity contribution in [3.63, 3.8) is 0 Å². The highest BCUT2D eigenvalue weighted by molar-refractivity contribution is 5.93. The summed E-state index contributed by atoms with van der Waals surface area (Å²) in [4.78, 5) is 23.7. The van der Waals surface area contributed by atoms with Gasteiger partial charge in [0.1, 0.15) is 11.6 Å². The summed E-state index contributed by atoms with van der Waals surface area (Å²) in [6.07, 6.45) is 3.12. The van der Waals surface area contributed by atoms with Crippen molar-refractivity contribution in [1.29, 1.82) is 0 Å². The summed E-state index contributed by atoms with van der Waals surface area (Å²) in [6, 6.07) is 13.5. The number of nitrogens with one attached hydrogen (secondary N) is 1. The fraction of sp³-hybridized carbons (Fsp3) is 0.261. The number of rotatable bonds is 4. The molecule has 0 spiro atoms. The Balaban J connectivity index is 1.21. The highest BCUT2D eigenvalue weighted by Gasteiger charge is 2.26. The molecule has 31 heavy (non-hydrogen) atoms. The third-order valence-electron chi connectivity index (χ3n) is 5.55. The molecule has 158 valence electrons. The van der Waals surface area contributed by atoms with E-state index in [2.05, 4.69) is 20.2 Å². The van der Waals surface area contributed by atoms with Crippen molar-refractivity contribution >= 4 is 17.4 Å². The van der Waals surface area contributed by atoms with Gasteiger partial charge < -0.3 is 19.7 Å². The molecule has 1 amide bonds. The van der Waals surface area contributed by atoms with Crippen molar-refractivity contribution in [2.75, 3.05) is 30.1 Å². The van der Waals surface area contributed by atoms with Crippen LogP contribution in [0.3, 0.4) is 0 Å². The van der Waals surface area contributed by atoms with Crippen molar-refractivity contribution in [1.82, 2.24) is 9.97 Å². The Bertz CT molecular complexity index is 1120. The lowest BCUT2D eigenvalue weighted by Crippen LogP contribution is -2.38. The van der Waals surface area contributed by atoms with Crippen LogP contribution in [0.1, 0.15) is 12.8 Å². The van der Waals surface area contributed by atoms with Crippen LogP contribution in [0.5, 0.6) is 11.5 Å². The van der Waals surface area contributed by atoms with E-state index in [0.717, 1.165) is 18.7 Å². The molecule has 0 aliphatic carbocycles. The zero-order valence-corrected chi connectivity index (χ0v) is 16.8. The molecule has 1 saturated heterocycles. The third kappa shape index (κ3) is 4.14. The lowest BCUT2D eigenvalue weighted by atomic mass is 9.95. The molecule has 0 radical (unpaired) electrons. The lowest BCUT2D eigenvalue weighted by molar-refractivity contribution is -0.120. The first kappa shape index (κ1) is 19.3. The first-order valence-corrected chi connectivity index (χ1v) is 10.2. The van der Waals surface area contributed by atoms with E-state index in [1.165, 1.54) is 12.1 Å². The number of carbonyl (C=O) groups excluding carboxylic acids is 1. The molecule has 2 aromatic carbocycles. The maximum atomic E-state index is 13.5. The van der Waals surface area contributed by atoms with E-state index in [0.29, 0.717) is 41.7 Å². The van der Waals surface area contributed by atoms with E-state index in [1.807, 2.05) is 12.1 Å².